The molecule has 1 aliphatic carbocycles. The molecule has 1 atom stereocenters. The first-order valence-corrected chi connectivity index (χ1v) is 10.3. The number of benzene rings is 1. The number of hydrogen-bond donors (Lipinski definition) is 1. The Labute approximate surface area is 193 Å². The predicted molar refractivity (Wildman–Crippen MR) is 108 cm³/mol. The molecular formula is C20H27N2NaO4S. The van der Waals surface area contributed by atoms with E-state index in [-0.39, 0.29) is 47.8 Å². The van der Waals surface area contributed by atoms with Crippen LogP contribution in [0.3, 0.4) is 0 Å². The van der Waals surface area contributed by atoms with E-state index in [4.69, 9.17) is 5.11 Å². The number of carbonyl (C=O) groups is 3. The summed E-state index contributed by atoms with van der Waals surface area (Å²) in [5, 5.41) is 14.2. The van der Waals surface area contributed by atoms with Gasteiger partial charge in [0, 0.05) is 23.4 Å². The third-order valence-corrected chi connectivity index (χ3v) is 5.67. The van der Waals surface area contributed by atoms with Crippen molar-refractivity contribution in [3.63, 3.8) is 0 Å². The molecule has 0 heterocycles. The first kappa shape index (κ1) is 24.9. The first-order valence-electron chi connectivity index (χ1n) is 9.27. The molecule has 1 N–H and O–H groups in total. The van der Waals surface area contributed by atoms with Gasteiger partial charge in [-0.15, -0.1) is 0 Å². The number of carboxylic acids is 1. The van der Waals surface area contributed by atoms with E-state index in [0.29, 0.717) is 11.5 Å². The second-order valence-electron chi connectivity index (χ2n) is 6.82. The van der Waals surface area contributed by atoms with Gasteiger partial charge < -0.3 is 6.53 Å². The van der Waals surface area contributed by atoms with E-state index in [0.717, 1.165) is 42.5 Å². The SMILES string of the molecule is CC(CSC(=O)c1ccccc1)C(=O)N(CC(=O)O)/N=C/C1CCCCC1.[H-].[Na+]. The maximum Gasteiger partial charge on any atom is 1.00 e. The molecule has 1 aliphatic rings. The van der Waals surface area contributed by atoms with Crippen LogP contribution in [0, 0.1) is 11.8 Å². The molecule has 28 heavy (non-hydrogen) atoms. The molecule has 2 rings (SSSR count). The van der Waals surface area contributed by atoms with Gasteiger partial charge in [-0.25, -0.2) is 5.01 Å². The summed E-state index contributed by atoms with van der Waals surface area (Å²) in [7, 11) is 0. The first-order chi connectivity index (χ1) is 13.0. The molecule has 0 aromatic heterocycles. The van der Waals surface area contributed by atoms with E-state index in [2.05, 4.69) is 5.10 Å². The molecule has 1 unspecified atom stereocenters. The van der Waals surface area contributed by atoms with Gasteiger partial charge in [-0.3, -0.25) is 14.4 Å². The van der Waals surface area contributed by atoms with Gasteiger partial charge in [0.1, 0.15) is 6.54 Å². The molecule has 1 amide bonds. The number of hydrogen-bond acceptors (Lipinski definition) is 5. The largest absolute Gasteiger partial charge is 1.00 e. The van der Waals surface area contributed by atoms with Gasteiger partial charge >= 0.3 is 35.5 Å². The fourth-order valence-electron chi connectivity index (χ4n) is 2.95. The van der Waals surface area contributed by atoms with E-state index < -0.39 is 18.4 Å². The molecule has 148 valence electrons. The Balaban J connectivity index is 0.00000392. The Hall–Kier alpha value is -1.15. The maximum atomic E-state index is 12.6. The second-order valence-corrected chi connectivity index (χ2v) is 7.81. The zero-order chi connectivity index (χ0) is 19.6. The molecule has 1 fully saturated rings. The van der Waals surface area contributed by atoms with Crippen molar-refractivity contribution in [1.29, 1.82) is 0 Å². The van der Waals surface area contributed by atoms with Crippen molar-refractivity contribution in [2.45, 2.75) is 39.0 Å². The summed E-state index contributed by atoms with van der Waals surface area (Å²) >= 11 is 1.06. The van der Waals surface area contributed by atoms with E-state index >= 15 is 0 Å². The Morgan fingerprint density at radius 1 is 1.25 bits per heavy atom. The van der Waals surface area contributed by atoms with Crippen molar-refractivity contribution < 1.29 is 50.5 Å². The molecule has 0 radical (unpaired) electrons. The average Bonchev–Trinajstić information content (AvgIpc) is 2.69. The van der Waals surface area contributed by atoms with Crippen LogP contribution in [0.25, 0.3) is 0 Å². The Kier molecular flexibility index (Phi) is 11.7. The van der Waals surface area contributed by atoms with Crippen LogP contribution in [0.2, 0.25) is 0 Å². The van der Waals surface area contributed by atoms with Crippen LogP contribution < -0.4 is 29.6 Å². The van der Waals surface area contributed by atoms with E-state index in [1.165, 1.54) is 6.42 Å². The van der Waals surface area contributed by atoms with Crippen LogP contribution in [0.4, 0.5) is 0 Å². The molecule has 0 bridgehead atoms. The Morgan fingerprint density at radius 3 is 2.50 bits per heavy atom. The minimum absolute atomic E-state index is 0. The molecule has 1 aromatic rings. The van der Waals surface area contributed by atoms with Crippen molar-refractivity contribution in [3.05, 3.63) is 35.9 Å². The number of carbonyl (C=O) groups excluding carboxylic acids is 2. The van der Waals surface area contributed by atoms with E-state index in [1.807, 2.05) is 6.07 Å². The molecule has 1 aromatic carbocycles. The van der Waals surface area contributed by atoms with Gasteiger partial charge in [0.25, 0.3) is 0 Å². The molecule has 0 aliphatic heterocycles. The smallest absolute Gasteiger partial charge is 1.00 e. The van der Waals surface area contributed by atoms with Crippen LogP contribution in [-0.2, 0) is 9.59 Å². The molecule has 1 saturated carbocycles. The zero-order valence-corrected chi connectivity index (χ0v) is 19.4. The van der Waals surface area contributed by atoms with Crippen molar-refractivity contribution >= 4 is 35.0 Å². The molecular weight excluding hydrogens is 387 g/mol. The third-order valence-electron chi connectivity index (χ3n) is 4.50. The van der Waals surface area contributed by atoms with Crippen molar-refractivity contribution in [2.75, 3.05) is 12.3 Å². The minimum atomic E-state index is -1.11. The van der Waals surface area contributed by atoms with E-state index in [1.54, 1.807) is 37.4 Å². The number of thioether (sulfide) groups is 1. The van der Waals surface area contributed by atoms with Gasteiger partial charge in [-0.1, -0.05) is 68.3 Å². The Morgan fingerprint density at radius 2 is 1.89 bits per heavy atom. The van der Waals surface area contributed by atoms with Crippen molar-refractivity contribution in [3.8, 4) is 0 Å². The number of aliphatic carboxylic acids is 1. The summed E-state index contributed by atoms with van der Waals surface area (Å²) in [5.41, 5.74) is 0.583. The predicted octanol–water partition coefficient (Wildman–Crippen LogP) is 0.792. The molecule has 0 saturated heterocycles. The van der Waals surface area contributed by atoms with Crippen LogP contribution in [-0.4, -0.2) is 45.6 Å². The van der Waals surface area contributed by atoms with Crippen molar-refractivity contribution in [2.24, 2.45) is 16.9 Å². The topological polar surface area (TPSA) is 87.0 Å². The second kappa shape index (κ2) is 13.1. The summed E-state index contributed by atoms with van der Waals surface area (Å²) in [6.07, 6.45) is 7.25. The number of hydrazone groups is 1. The number of carboxylic acid groups (broad SMARTS) is 1. The summed E-state index contributed by atoms with van der Waals surface area (Å²) < 4.78 is 0. The number of rotatable bonds is 8. The molecule has 6 nitrogen and oxygen atoms in total. The summed E-state index contributed by atoms with van der Waals surface area (Å²) in [5.74, 6) is -1.42. The minimum Gasteiger partial charge on any atom is -1.00 e. The average molecular weight is 415 g/mol. The molecule has 8 heteroatoms. The fraction of sp³-hybridized carbons (Fsp3) is 0.500. The quantitative estimate of drug-likeness (QED) is 0.386. The van der Waals surface area contributed by atoms with Crippen molar-refractivity contribution in [1.82, 2.24) is 5.01 Å². The fourth-order valence-corrected chi connectivity index (χ4v) is 3.79. The van der Waals surface area contributed by atoms with Crippen LogP contribution in [0.5, 0.6) is 0 Å². The number of amides is 1. The van der Waals surface area contributed by atoms with E-state index in [9.17, 15) is 14.4 Å². The maximum absolute atomic E-state index is 12.6. The zero-order valence-electron chi connectivity index (χ0n) is 17.5. The van der Waals surface area contributed by atoms with Gasteiger partial charge in [0.2, 0.25) is 11.0 Å². The van der Waals surface area contributed by atoms with Crippen LogP contribution in [0.1, 0.15) is 50.8 Å². The van der Waals surface area contributed by atoms with Crippen LogP contribution in [0.15, 0.2) is 35.4 Å². The normalized spacial score (nSPS) is 15.6. The summed E-state index contributed by atoms with van der Waals surface area (Å²) in [4.78, 5) is 35.9. The third kappa shape index (κ3) is 8.47. The van der Waals surface area contributed by atoms with Gasteiger partial charge in [0.05, 0.1) is 0 Å². The summed E-state index contributed by atoms with van der Waals surface area (Å²) in [6, 6.07) is 8.87. The van der Waals surface area contributed by atoms with Crippen LogP contribution >= 0.6 is 11.8 Å². The standard InChI is InChI=1S/C20H26N2O4S.Na.H/c1-15(14-27-20(26)17-10-6-3-7-11-17)19(25)22(13-18(23)24)21-12-16-8-4-2-5-9-16;;/h3,6-7,10-12,15-16H,2,4-5,8-9,13-14H2,1H3,(H,23,24);;/q;+1;-1/b21-12+;;. The summed E-state index contributed by atoms with van der Waals surface area (Å²) in [6.45, 7) is 1.22. The molecule has 0 spiro atoms. The monoisotopic (exact) mass is 414 g/mol. The van der Waals surface area contributed by atoms with Gasteiger partial charge in [0.15, 0.2) is 0 Å². The van der Waals surface area contributed by atoms with Gasteiger partial charge in [-0.05, 0) is 18.8 Å². The Bertz CT molecular complexity index is 684. The number of nitrogens with zero attached hydrogens (tertiary/aromatic N) is 2. The van der Waals surface area contributed by atoms with Gasteiger partial charge in [-0.2, -0.15) is 5.10 Å².